The number of methoxy groups -OCH3 is 1. The number of carbonyl (C=O) groups is 1. The van der Waals surface area contributed by atoms with Gasteiger partial charge in [0.1, 0.15) is 0 Å². The molecule has 18 heavy (non-hydrogen) atoms. The first-order valence-corrected chi connectivity index (χ1v) is 4.49. The van der Waals surface area contributed by atoms with Gasteiger partial charge in [-0.25, -0.2) is 4.79 Å². The molecule has 0 aliphatic heterocycles. The smallest absolute Gasteiger partial charge is 0.338 e. The second-order valence-electron chi connectivity index (χ2n) is 1.97. The number of hydrogen-bond donors (Lipinski definition) is 0. The molecule has 5 nitrogen and oxygen atoms in total. The van der Waals surface area contributed by atoms with Crippen molar-refractivity contribution in [1.82, 2.24) is 0 Å². The maximum Gasteiger partial charge on any atom is 0.338 e. The summed E-state index contributed by atoms with van der Waals surface area (Å²) in [5, 5.41) is 0. The fourth-order valence-corrected chi connectivity index (χ4v) is 1.18. The van der Waals surface area contributed by atoms with Gasteiger partial charge >= 0.3 is 5.97 Å². The zero-order valence-corrected chi connectivity index (χ0v) is 12.0. The number of esters is 1. The van der Waals surface area contributed by atoms with E-state index in [1.54, 1.807) is 18.2 Å². The van der Waals surface area contributed by atoms with Gasteiger partial charge in [-0.2, -0.15) is 0 Å². The molecule has 0 spiro atoms. The Hall–Kier alpha value is -1.29. The van der Waals surface area contributed by atoms with E-state index in [0.29, 0.717) is 5.56 Å². The second kappa shape index (κ2) is 21.0. The van der Waals surface area contributed by atoms with Gasteiger partial charge in [0.25, 0.3) is 20.4 Å². The van der Waals surface area contributed by atoms with Gasteiger partial charge in [-0.05, 0) is 28.1 Å². The molecule has 94 valence electrons. The minimum atomic E-state index is -0.322. The normalized spacial score (nSPS) is 6.33. The molecule has 6 radical (unpaired) electrons. The number of rotatable bonds is 1. The van der Waals surface area contributed by atoms with Gasteiger partial charge < -0.3 is 4.74 Å². The van der Waals surface area contributed by atoms with Crippen LogP contribution in [0.3, 0.4) is 0 Å². The predicted octanol–water partition coefficient (Wildman–Crippen LogP) is 1.04. The Kier molecular flexibility index (Phi) is 29.9. The molecule has 0 aliphatic carbocycles. The van der Waals surface area contributed by atoms with Crippen LogP contribution in [-0.2, 0) is 36.5 Å². The molecule has 0 amide bonds. The molecule has 0 saturated heterocycles. The molecule has 0 aliphatic rings. The van der Waals surface area contributed by atoms with E-state index in [-0.39, 0.29) is 23.3 Å². The fourth-order valence-electron chi connectivity index (χ4n) is 0.737. The summed E-state index contributed by atoms with van der Waals surface area (Å²) < 4.78 is 5.30. The summed E-state index contributed by atoms with van der Waals surface area (Å²) in [6.07, 6.45) is 0. The van der Waals surface area contributed by atoms with E-state index in [4.69, 9.17) is 14.4 Å². The molecular weight excluding hydrogens is 344 g/mol. The summed E-state index contributed by atoms with van der Waals surface area (Å²) in [6.45, 7) is 13.5. The summed E-state index contributed by atoms with van der Waals surface area (Å²) in [5.41, 5.74) is 0.551. The first kappa shape index (κ1) is 25.5. The fraction of sp³-hybridized carbons (Fsp3) is 0.0909. The average molecular weight is 351 g/mol. The van der Waals surface area contributed by atoms with Crippen LogP contribution in [0.1, 0.15) is 10.4 Å². The Morgan fingerprint density at radius 1 is 1.06 bits per heavy atom. The van der Waals surface area contributed by atoms with Crippen LogP contribution in [0.5, 0.6) is 0 Å². The van der Waals surface area contributed by atoms with E-state index in [1.807, 2.05) is 6.07 Å². The Balaban J connectivity index is -0.000000123. The molecule has 0 heterocycles. The van der Waals surface area contributed by atoms with Crippen molar-refractivity contribution in [2.75, 3.05) is 7.11 Å². The van der Waals surface area contributed by atoms with Gasteiger partial charge in [-0.1, -0.05) is 12.1 Å². The zero-order chi connectivity index (χ0) is 14.3. The van der Waals surface area contributed by atoms with Crippen molar-refractivity contribution < 1.29 is 41.3 Å². The van der Waals surface area contributed by atoms with Crippen molar-refractivity contribution in [2.24, 2.45) is 0 Å². The standard InChI is InChI=1S/C8H7BrO2.3CO.Cr/c1-11-8(10)6-4-2-3-5-7(6)9;3*1-2;/h2-5H,1H3;;;;. The van der Waals surface area contributed by atoms with E-state index < -0.39 is 0 Å². The van der Waals surface area contributed by atoms with Crippen LogP contribution >= 0.6 is 15.9 Å². The Morgan fingerprint density at radius 3 is 1.78 bits per heavy atom. The summed E-state index contributed by atoms with van der Waals surface area (Å²) >= 11 is 3.24. The van der Waals surface area contributed by atoms with Crippen LogP contribution < -0.4 is 0 Å². The molecule has 1 aromatic carbocycles. The van der Waals surface area contributed by atoms with Gasteiger partial charge in [-0.3, -0.25) is 14.4 Å². The van der Waals surface area contributed by atoms with Crippen LogP contribution in [0.15, 0.2) is 28.7 Å². The van der Waals surface area contributed by atoms with Gasteiger partial charge in [-0.15, -0.1) is 0 Å². The van der Waals surface area contributed by atoms with Crippen LogP contribution in [0, 0.1) is 0 Å². The quantitative estimate of drug-likeness (QED) is 0.707. The van der Waals surface area contributed by atoms with Crippen LogP contribution in [0.4, 0.5) is 0 Å². The Bertz CT molecular complexity index is 317. The number of benzene rings is 1. The monoisotopic (exact) mass is 350 g/mol. The first-order chi connectivity index (χ1) is 8.25. The first-order valence-electron chi connectivity index (χ1n) is 3.70. The van der Waals surface area contributed by atoms with E-state index in [9.17, 15) is 4.79 Å². The van der Waals surface area contributed by atoms with Crippen LogP contribution in [-0.4, -0.2) is 33.4 Å². The number of ether oxygens (including phenoxy) is 1. The summed E-state index contributed by atoms with van der Waals surface area (Å²) in [6, 6.07) is 7.13. The third kappa shape index (κ3) is 11.2. The van der Waals surface area contributed by atoms with Gasteiger partial charge in [0.15, 0.2) is 0 Å². The minimum absolute atomic E-state index is 0. The molecule has 0 aromatic heterocycles. The van der Waals surface area contributed by atoms with Crippen molar-refractivity contribution in [2.45, 2.75) is 0 Å². The van der Waals surface area contributed by atoms with Crippen molar-refractivity contribution in [3.05, 3.63) is 34.3 Å². The van der Waals surface area contributed by atoms with E-state index in [0.717, 1.165) is 4.47 Å². The van der Waals surface area contributed by atoms with Crippen molar-refractivity contribution in [3.63, 3.8) is 0 Å². The third-order valence-corrected chi connectivity index (χ3v) is 1.97. The van der Waals surface area contributed by atoms with Gasteiger partial charge in [0.05, 0.1) is 12.7 Å². The molecule has 0 saturated carbocycles. The van der Waals surface area contributed by atoms with Crippen LogP contribution in [0.2, 0.25) is 0 Å². The molecule has 0 atom stereocenters. The average Bonchev–Trinajstić information content (AvgIpc) is 2.45. The third-order valence-electron chi connectivity index (χ3n) is 1.28. The molecule has 1 aromatic rings. The number of hydrogen-bond acceptors (Lipinski definition) is 5. The minimum Gasteiger partial charge on any atom is -0.465 e. The molecular formula is C11H7BrCrO5. The molecule has 7 heteroatoms. The summed E-state index contributed by atoms with van der Waals surface area (Å²) in [7, 11) is 1.36. The van der Waals surface area contributed by atoms with E-state index >= 15 is 0 Å². The molecule has 1 rings (SSSR count). The van der Waals surface area contributed by atoms with Gasteiger partial charge in [0.2, 0.25) is 0 Å². The summed E-state index contributed by atoms with van der Waals surface area (Å²) in [4.78, 5) is 33.5. The predicted molar refractivity (Wildman–Crippen MR) is 62.6 cm³/mol. The molecule has 0 unspecified atom stereocenters. The second-order valence-corrected chi connectivity index (χ2v) is 2.83. The molecule has 0 bridgehead atoms. The number of halogens is 1. The largest absolute Gasteiger partial charge is 0.465 e. The Morgan fingerprint density at radius 2 is 1.44 bits per heavy atom. The zero-order valence-electron chi connectivity index (χ0n) is 9.14. The van der Waals surface area contributed by atoms with Crippen molar-refractivity contribution >= 4 is 42.3 Å². The van der Waals surface area contributed by atoms with Crippen LogP contribution in [0.25, 0.3) is 0 Å². The molecule has 0 N–H and O–H groups in total. The maximum atomic E-state index is 11.0. The SMILES string of the molecule is COC(=O)c1ccccc1Br.[C]=O.[C]=O.[C]=O.[Cr]. The van der Waals surface area contributed by atoms with Gasteiger partial charge in [0, 0.05) is 21.8 Å². The Labute approximate surface area is 125 Å². The van der Waals surface area contributed by atoms with Crippen molar-refractivity contribution in [1.29, 1.82) is 0 Å². The number of carbonyl (C=O) groups excluding carboxylic acids is 4. The van der Waals surface area contributed by atoms with E-state index in [1.165, 1.54) is 7.11 Å². The topological polar surface area (TPSA) is 77.5 Å². The molecule has 0 fully saturated rings. The summed E-state index contributed by atoms with van der Waals surface area (Å²) in [5.74, 6) is -0.322. The van der Waals surface area contributed by atoms with Crippen molar-refractivity contribution in [3.8, 4) is 0 Å². The van der Waals surface area contributed by atoms with E-state index in [2.05, 4.69) is 41.0 Å². The maximum absolute atomic E-state index is 11.0.